The largest absolute Gasteiger partial charge is 0.364 e. The summed E-state index contributed by atoms with van der Waals surface area (Å²) in [6.45, 7) is 3.78. The van der Waals surface area contributed by atoms with Gasteiger partial charge in [-0.1, -0.05) is 6.92 Å². The van der Waals surface area contributed by atoms with Gasteiger partial charge in [-0.2, -0.15) is 5.10 Å². The number of hydrogen-bond acceptors (Lipinski definition) is 3. The lowest BCUT2D eigenvalue weighted by Crippen LogP contribution is -2.29. The van der Waals surface area contributed by atoms with Crippen molar-refractivity contribution < 1.29 is 4.79 Å². The molecule has 1 atom stereocenters. The Balaban J connectivity index is 2.53. The molecule has 1 aliphatic heterocycles. The van der Waals surface area contributed by atoms with Crippen LogP contribution in [0.15, 0.2) is 0 Å². The minimum atomic E-state index is -0.439. The number of carbonyl (C=O) groups excluding carboxylic acids is 1. The number of nitrogens with zero attached hydrogens (tertiary/aromatic N) is 2. The van der Waals surface area contributed by atoms with Crippen LogP contribution in [0.5, 0.6) is 0 Å². The van der Waals surface area contributed by atoms with Gasteiger partial charge >= 0.3 is 0 Å². The minimum Gasteiger partial charge on any atom is -0.364 e. The van der Waals surface area contributed by atoms with Crippen molar-refractivity contribution in [3.8, 4) is 0 Å². The van der Waals surface area contributed by atoms with Crippen LogP contribution < -0.4 is 11.1 Å². The number of primary amides is 1. The van der Waals surface area contributed by atoms with Crippen LogP contribution in [-0.4, -0.2) is 22.2 Å². The molecule has 2 heterocycles. The second-order valence-electron chi connectivity index (χ2n) is 3.94. The van der Waals surface area contributed by atoms with Gasteiger partial charge in [-0.3, -0.25) is 9.48 Å². The Morgan fingerprint density at radius 3 is 3.07 bits per heavy atom. The van der Waals surface area contributed by atoms with Gasteiger partial charge in [0.25, 0.3) is 5.91 Å². The van der Waals surface area contributed by atoms with Crippen molar-refractivity contribution in [2.45, 2.75) is 25.8 Å². The zero-order valence-electron chi connectivity index (χ0n) is 9.08. The van der Waals surface area contributed by atoms with Crippen LogP contribution in [0.25, 0.3) is 0 Å². The van der Waals surface area contributed by atoms with Crippen molar-refractivity contribution in [3.05, 3.63) is 17.0 Å². The maximum atomic E-state index is 11.2. The Morgan fingerprint density at radius 2 is 2.47 bits per heavy atom. The molecule has 0 saturated carbocycles. The number of aromatic nitrogens is 2. The molecule has 5 heteroatoms. The number of nitrogens with one attached hydrogen (secondary N) is 1. The zero-order chi connectivity index (χ0) is 11.0. The van der Waals surface area contributed by atoms with Gasteiger partial charge in [0.15, 0.2) is 5.69 Å². The van der Waals surface area contributed by atoms with Gasteiger partial charge in [0.05, 0.1) is 0 Å². The molecule has 3 N–H and O–H groups in total. The number of amides is 1. The molecule has 0 aliphatic carbocycles. The summed E-state index contributed by atoms with van der Waals surface area (Å²) in [5.41, 5.74) is 7.84. The molecule has 0 spiro atoms. The predicted molar refractivity (Wildman–Crippen MR) is 56.5 cm³/mol. The van der Waals surface area contributed by atoms with Gasteiger partial charge in [-0.25, -0.2) is 0 Å². The predicted octanol–water partition coefficient (Wildman–Crippen LogP) is 0.116. The highest BCUT2D eigenvalue weighted by Crippen LogP contribution is 2.27. The third kappa shape index (κ3) is 1.52. The van der Waals surface area contributed by atoms with E-state index in [1.165, 1.54) is 0 Å². The summed E-state index contributed by atoms with van der Waals surface area (Å²) >= 11 is 0. The molecular weight excluding hydrogens is 192 g/mol. The monoisotopic (exact) mass is 208 g/mol. The second kappa shape index (κ2) is 3.66. The van der Waals surface area contributed by atoms with E-state index in [1.807, 2.05) is 7.05 Å². The molecule has 0 fully saturated rings. The fourth-order valence-corrected chi connectivity index (χ4v) is 2.27. The van der Waals surface area contributed by atoms with Crippen LogP contribution in [0, 0.1) is 0 Å². The van der Waals surface area contributed by atoms with E-state index in [0.717, 1.165) is 24.2 Å². The number of hydrogen-bond donors (Lipinski definition) is 2. The van der Waals surface area contributed by atoms with Gasteiger partial charge in [-0.05, 0) is 6.42 Å². The molecule has 1 aliphatic rings. The van der Waals surface area contributed by atoms with Crippen LogP contribution in [-0.2, 0) is 13.6 Å². The van der Waals surface area contributed by atoms with Crippen LogP contribution in [0.2, 0.25) is 0 Å². The lowest BCUT2D eigenvalue weighted by Gasteiger charge is -2.23. The van der Waals surface area contributed by atoms with Crippen molar-refractivity contribution in [1.29, 1.82) is 0 Å². The van der Waals surface area contributed by atoms with Crippen molar-refractivity contribution in [1.82, 2.24) is 15.1 Å². The molecule has 1 aromatic rings. The highest BCUT2D eigenvalue weighted by Gasteiger charge is 2.27. The molecule has 1 amide bonds. The van der Waals surface area contributed by atoms with E-state index >= 15 is 0 Å². The van der Waals surface area contributed by atoms with Crippen LogP contribution >= 0.6 is 0 Å². The van der Waals surface area contributed by atoms with E-state index in [1.54, 1.807) is 4.68 Å². The maximum Gasteiger partial charge on any atom is 0.269 e. The number of nitrogens with two attached hydrogens (primary N) is 1. The highest BCUT2D eigenvalue weighted by atomic mass is 16.1. The number of aryl methyl sites for hydroxylation is 1. The average Bonchev–Trinajstić information content (AvgIpc) is 2.56. The highest BCUT2D eigenvalue weighted by molar-refractivity contribution is 5.92. The zero-order valence-corrected chi connectivity index (χ0v) is 9.08. The molecule has 1 aromatic heterocycles. The first-order valence-electron chi connectivity index (χ1n) is 5.21. The average molecular weight is 208 g/mol. The molecule has 1 unspecified atom stereocenters. The summed E-state index contributed by atoms with van der Waals surface area (Å²) in [6.07, 6.45) is 1.04. The molecule has 0 bridgehead atoms. The smallest absolute Gasteiger partial charge is 0.269 e. The number of fused-ring (bicyclic) bond motifs is 1. The lowest BCUT2D eigenvalue weighted by molar-refractivity contribution is 0.0994. The quantitative estimate of drug-likeness (QED) is 0.724. The van der Waals surface area contributed by atoms with Crippen molar-refractivity contribution in [3.63, 3.8) is 0 Å². The molecule has 2 rings (SSSR count). The van der Waals surface area contributed by atoms with Crippen LogP contribution in [0.3, 0.4) is 0 Å². The summed E-state index contributed by atoms with van der Waals surface area (Å²) in [4.78, 5) is 11.2. The van der Waals surface area contributed by atoms with Gasteiger partial charge in [-0.15, -0.1) is 0 Å². The van der Waals surface area contributed by atoms with Gasteiger partial charge < -0.3 is 11.1 Å². The standard InChI is InChI=1S/C10H16N4O/c1-3-6-4-12-5-7-8(10(11)15)13-14(2)9(6)7/h6,12H,3-5H2,1-2H3,(H2,11,15). The summed E-state index contributed by atoms with van der Waals surface area (Å²) in [6, 6.07) is 0. The fourth-order valence-electron chi connectivity index (χ4n) is 2.27. The molecule has 82 valence electrons. The minimum absolute atomic E-state index is 0.415. The van der Waals surface area contributed by atoms with Gasteiger partial charge in [0, 0.05) is 37.3 Å². The Labute approximate surface area is 88.6 Å². The number of carbonyl (C=O) groups is 1. The normalized spacial score (nSPS) is 20.0. The van der Waals surface area contributed by atoms with Crippen LogP contribution in [0.4, 0.5) is 0 Å². The first-order valence-corrected chi connectivity index (χ1v) is 5.21. The molecule has 5 nitrogen and oxygen atoms in total. The van der Waals surface area contributed by atoms with E-state index in [0.29, 0.717) is 18.2 Å². The molecular formula is C10H16N4O. The second-order valence-corrected chi connectivity index (χ2v) is 3.94. The van der Waals surface area contributed by atoms with Gasteiger partial charge in [0.1, 0.15) is 0 Å². The molecule has 0 saturated heterocycles. The topological polar surface area (TPSA) is 72.9 Å². The Hall–Kier alpha value is -1.36. The van der Waals surface area contributed by atoms with E-state index in [2.05, 4.69) is 17.3 Å². The molecule has 15 heavy (non-hydrogen) atoms. The van der Waals surface area contributed by atoms with E-state index in [9.17, 15) is 4.79 Å². The maximum absolute atomic E-state index is 11.2. The molecule has 0 aromatic carbocycles. The summed E-state index contributed by atoms with van der Waals surface area (Å²) in [5, 5.41) is 7.48. The summed E-state index contributed by atoms with van der Waals surface area (Å²) < 4.78 is 1.80. The third-order valence-electron chi connectivity index (χ3n) is 3.00. The van der Waals surface area contributed by atoms with Crippen molar-refractivity contribution in [2.75, 3.05) is 6.54 Å². The first-order chi connectivity index (χ1) is 7.15. The third-order valence-corrected chi connectivity index (χ3v) is 3.00. The lowest BCUT2D eigenvalue weighted by atomic mass is 9.94. The van der Waals surface area contributed by atoms with Gasteiger partial charge in [0.2, 0.25) is 0 Å². The molecule has 0 radical (unpaired) electrons. The van der Waals surface area contributed by atoms with E-state index in [4.69, 9.17) is 5.73 Å². The van der Waals surface area contributed by atoms with Crippen molar-refractivity contribution >= 4 is 5.91 Å². The van der Waals surface area contributed by atoms with Crippen molar-refractivity contribution in [2.24, 2.45) is 12.8 Å². The Bertz CT molecular complexity index is 396. The van der Waals surface area contributed by atoms with E-state index in [-0.39, 0.29) is 0 Å². The SMILES string of the molecule is CCC1CNCc2c(C(N)=O)nn(C)c21. The van der Waals surface area contributed by atoms with Crippen LogP contribution in [0.1, 0.15) is 41.0 Å². The summed E-state index contributed by atoms with van der Waals surface area (Å²) in [5.74, 6) is -0.00949. The van der Waals surface area contributed by atoms with E-state index < -0.39 is 5.91 Å². The summed E-state index contributed by atoms with van der Waals surface area (Å²) in [7, 11) is 1.87. The first kappa shape index (κ1) is 10.2. The number of rotatable bonds is 2. The Kier molecular flexibility index (Phi) is 2.48. The fraction of sp³-hybridized carbons (Fsp3) is 0.600. The Morgan fingerprint density at radius 1 is 1.73 bits per heavy atom.